The lowest BCUT2D eigenvalue weighted by atomic mass is 9.65. The van der Waals surface area contributed by atoms with Gasteiger partial charge in [0.05, 0.1) is 25.6 Å². The van der Waals surface area contributed by atoms with Crippen molar-refractivity contribution >= 4 is 17.9 Å². The highest BCUT2D eigenvalue weighted by Gasteiger charge is 2.32. The Balaban J connectivity index is 1.55. The van der Waals surface area contributed by atoms with Crippen molar-refractivity contribution in [3.63, 3.8) is 0 Å². The van der Waals surface area contributed by atoms with Gasteiger partial charge >= 0.3 is 0 Å². The van der Waals surface area contributed by atoms with Gasteiger partial charge in [0.1, 0.15) is 13.6 Å². The molecule has 29 heavy (non-hydrogen) atoms. The van der Waals surface area contributed by atoms with Gasteiger partial charge in [0, 0.05) is 12.1 Å². The molecule has 1 unspecified atom stereocenters. The second-order valence-electron chi connectivity index (χ2n) is 8.52. The third-order valence-electron chi connectivity index (χ3n) is 6.20. The fraction of sp³-hybridized carbons (Fsp3) is 0.714. The topological polar surface area (TPSA) is 76.7 Å². The minimum absolute atomic E-state index is 0.0326. The van der Waals surface area contributed by atoms with E-state index in [0.29, 0.717) is 24.9 Å². The molecule has 1 saturated heterocycles. The van der Waals surface area contributed by atoms with Crippen LogP contribution in [-0.4, -0.2) is 60.5 Å². The summed E-state index contributed by atoms with van der Waals surface area (Å²) in [5.74, 6) is 2.01. The largest absolute Gasteiger partial charge is 0.494 e. The van der Waals surface area contributed by atoms with Crippen molar-refractivity contribution < 1.29 is 17.9 Å². The summed E-state index contributed by atoms with van der Waals surface area (Å²) in [6.45, 7) is 4.16. The highest BCUT2D eigenvalue weighted by atomic mass is 32.2. The molecule has 5 atom stereocenters. The zero-order valence-electron chi connectivity index (χ0n) is 17.9. The van der Waals surface area contributed by atoms with Crippen LogP contribution in [0.25, 0.3) is 0 Å². The van der Waals surface area contributed by atoms with Crippen LogP contribution in [0.4, 0.5) is 0 Å². The zero-order chi connectivity index (χ0) is 20.9. The Morgan fingerprint density at radius 2 is 2.03 bits per heavy atom. The van der Waals surface area contributed by atoms with E-state index in [-0.39, 0.29) is 18.2 Å². The number of piperidine rings is 1. The molecule has 2 N–H and O–H groups in total. The number of hydrogen-bond donors (Lipinski definition) is 2. The van der Waals surface area contributed by atoms with Crippen LogP contribution in [-0.2, 0) is 14.8 Å². The van der Waals surface area contributed by atoms with E-state index in [9.17, 15) is 8.42 Å². The molecule has 1 heterocycles. The van der Waals surface area contributed by atoms with Gasteiger partial charge in [-0.1, -0.05) is 24.0 Å². The Bertz CT molecular complexity index is 761. The van der Waals surface area contributed by atoms with Crippen LogP contribution in [0.1, 0.15) is 50.5 Å². The van der Waals surface area contributed by atoms with Gasteiger partial charge in [-0.05, 0) is 63.1 Å². The third-order valence-corrected chi connectivity index (χ3v) is 6.93. The number of ether oxygens (including phenoxy) is 2. The van der Waals surface area contributed by atoms with Crippen molar-refractivity contribution in [1.82, 2.24) is 10.0 Å². The molecule has 1 saturated carbocycles. The Labute approximate surface area is 176 Å². The maximum absolute atomic E-state index is 11.6. The SMILES string of the molecule is BC1C[C@@H](OC[C@@H]2NCCC[C@@H]2NS(C)(=O)=O)CC[C@H]1c1ccccc1OCC. The summed E-state index contributed by atoms with van der Waals surface area (Å²) >= 11 is 0. The number of para-hydroxylation sites is 1. The Morgan fingerprint density at radius 3 is 2.76 bits per heavy atom. The Hall–Kier alpha value is -1.09. The van der Waals surface area contributed by atoms with E-state index in [1.54, 1.807) is 0 Å². The third kappa shape index (κ3) is 6.44. The zero-order valence-corrected chi connectivity index (χ0v) is 18.7. The molecule has 8 heteroatoms. The highest BCUT2D eigenvalue weighted by molar-refractivity contribution is 7.88. The molecule has 0 amide bonds. The van der Waals surface area contributed by atoms with Crippen molar-refractivity contribution in [2.75, 3.05) is 26.0 Å². The molecule has 3 rings (SSSR count). The minimum Gasteiger partial charge on any atom is -0.494 e. The van der Waals surface area contributed by atoms with E-state index in [4.69, 9.17) is 9.47 Å². The lowest BCUT2D eigenvalue weighted by Gasteiger charge is -2.37. The van der Waals surface area contributed by atoms with E-state index in [0.717, 1.165) is 44.4 Å². The first-order valence-electron chi connectivity index (χ1n) is 10.9. The second-order valence-corrected chi connectivity index (χ2v) is 10.3. The fourth-order valence-corrected chi connectivity index (χ4v) is 5.65. The van der Waals surface area contributed by atoms with Gasteiger partial charge in [-0.3, -0.25) is 0 Å². The first kappa shape index (κ1) is 22.6. The Kier molecular flexibility index (Phi) is 8.02. The predicted molar refractivity (Wildman–Crippen MR) is 119 cm³/mol. The molecule has 2 aliphatic rings. The van der Waals surface area contributed by atoms with Crippen LogP contribution in [0, 0.1) is 0 Å². The maximum atomic E-state index is 11.6. The molecule has 2 fully saturated rings. The van der Waals surface area contributed by atoms with Crippen molar-refractivity contribution in [1.29, 1.82) is 0 Å². The summed E-state index contributed by atoms with van der Waals surface area (Å²) in [5, 5.41) is 3.43. The van der Waals surface area contributed by atoms with E-state index < -0.39 is 10.0 Å². The van der Waals surface area contributed by atoms with Crippen LogP contribution < -0.4 is 14.8 Å². The first-order chi connectivity index (χ1) is 13.9. The average molecular weight is 422 g/mol. The average Bonchev–Trinajstić information content (AvgIpc) is 2.67. The standard InChI is InChI=1S/C21H35BN2O4S/c1-3-27-21-9-5-4-7-17(21)16-11-10-15(13-18(16)22)28-14-20-19(8-6-12-23-20)24-29(2,25)26/h4-5,7,9,15-16,18-20,23-24H,3,6,8,10-14,22H2,1-2H3/t15-,16-,18?,19-,20-/m0/s1. The summed E-state index contributed by atoms with van der Waals surface area (Å²) < 4.78 is 38.2. The first-order valence-corrected chi connectivity index (χ1v) is 12.8. The van der Waals surface area contributed by atoms with Gasteiger partial charge in [0.15, 0.2) is 0 Å². The lowest BCUT2D eigenvalue weighted by molar-refractivity contribution is 0.00543. The smallest absolute Gasteiger partial charge is 0.209 e. The Morgan fingerprint density at radius 1 is 1.24 bits per heavy atom. The van der Waals surface area contributed by atoms with Crippen LogP contribution in [0.3, 0.4) is 0 Å². The molecular weight excluding hydrogens is 387 g/mol. The van der Waals surface area contributed by atoms with Crippen molar-refractivity contribution in [2.24, 2.45) is 0 Å². The van der Waals surface area contributed by atoms with Gasteiger partial charge in [0.25, 0.3) is 0 Å². The predicted octanol–water partition coefficient (Wildman–Crippen LogP) is 1.83. The molecule has 0 radical (unpaired) electrons. The summed E-state index contributed by atoms with van der Waals surface area (Å²) in [6.07, 6.45) is 6.40. The van der Waals surface area contributed by atoms with E-state index in [1.165, 1.54) is 11.8 Å². The molecule has 0 spiro atoms. The summed E-state index contributed by atoms with van der Waals surface area (Å²) in [5.41, 5.74) is 1.31. The van der Waals surface area contributed by atoms with Gasteiger partial charge in [-0.2, -0.15) is 0 Å². The van der Waals surface area contributed by atoms with Gasteiger partial charge in [-0.25, -0.2) is 13.1 Å². The summed E-state index contributed by atoms with van der Waals surface area (Å²) in [4.78, 5) is 0. The van der Waals surface area contributed by atoms with Crippen LogP contribution >= 0.6 is 0 Å². The second kappa shape index (κ2) is 10.3. The fourth-order valence-electron chi connectivity index (χ4n) is 4.82. The maximum Gasteiger partial charge on any atom is 0.209 e. The van der Waals surface area contributed by atoms with E-state index >= 15 is 0 Å². The van der Waals surface area contributed by atoms with Crippen molar-refractivity contribution in [3.8, 4) is 5.75 Å². The van der Waals surface area contributed by atoms with E-state index in [1.807, 2.05) is 13.0 Å². The summed E-state index contributed by atoms with van der Waals surface area (Å²) in [7, 11) is -0.911. The highest BCUT2D eigenvalue weighted by Crippen LogP contribution is 2.44. The monoisotopic (exact) mass is 422 g/mol. The van der Waals surface area contributed by atoms with Crippen molar-refractivity contribution in [3.05, 3.63) is 29.8 Å². The minimum atomic E-state index is -3.21. The molecule has 0 aromatic heterocycles. The van der Waals surface area contributed by atoms with Crippen molar-refractivity contribution in [2.45, 2.75) is 69.0 Å². The molecule has 1 aromatic rings. The molecule has 1 aromatic carbocycles. The lowest BCUT2D eigenvalue weighted by Crippen LogP contribution is -2.55. The van der Waals surface area contributed by atoms with Crippen LogP contribution in [0.5, 0.6) is 5.75 Å². The number of nitrogens with one attached hydrogen (secondary N) is 2. The summed E-state index contributed by atoms with van der Waals surface area (Å²) in [6, 6.07) is 8.33. The number of sulfonamides is 1. The number of rotatable bonds is 8. The number of hydrogen-bond acceptors (Lipinski definition) is 5. The van der Waals surface area contributed by atoms with Gasteiger partial charge in [-0.15, -0.1) is 0 Å². The molecule has 6 nitrogen and oxygen atoms in total. The quantitative estimate of drug-likeness (QED) is 0.626. The molecule has 0 bridgehead atoms. The molecule has 1 aliphatic carbocycles. The van der Waals surface area contributed by atoms with E-state index in [2.05, 4.69) is 36.1 Å². The number of benzene rings is 1. The van der Waals surface area contributed by atoms with Gasteiger partial charge in [0.2, 0.25) is 10.0 Å². The van der Waals surface area contributed by atoms with Crippen LogP contribution in [0.15, 0.2) is 24.3 Å². The van der Waals surface area contributed by atoms with Gasteiger partial charge < -0.3 is 14.8 Å². The van der Waals surface area contributed by atoms with Crippen LogP contribution in [0.2, 0.25) is 5.82 Å². The molecular formula is C21H35BN2O4S. The molecule has 1 aliphatic heterocycles. The molecule has 162 valence electrons. The normalized spacial score (nSPS) is 30.8.